The van der Waals surface area contributed by atoms with Gasteiger partial charge < -0.3 is 19.3 Å². The topological polar surface area (TPSA) is 119 Å². The van der Waals surface area contributed by atoms with E-state index in [-0.39, 0.29) is 19.4 Å². The van der Waals surface area contributed by atoms with Gasteiger partial charge in [0.25, 0.3) is 0 Å². The van der Waals surface area contributed by atoms with Crippen molar-refractivity contribution in [3.63, 3.8) is 0 Å². The first-order chi connectivity index (χ1) is 21.8. The summed E-state index contributed by atoms with van der Waals surface area (Å²) in [7, 11) is -4.76. The van der Waals surface area contributed by atoms with E-state index in [0.717, 1.165) is 77.0 Å². The average molecular weight is 653 g/mol. The molecule has 45 heavy (non-hydrogen) atoms. The van der Waals surface area contributed by atoms with Crippen molar-refractivity contribution < 1.29 is 37.9 Å². The van der Waals surface area contributed by atoms with E-state index in [4.69, 9.17) is 19.3 Å². The van der Waals surface area contributed by atoms with Crippen molar-refractivity contribution in [2.45, 2.75) is 142 Å². The Hall–Kier alpha value is -2.25. The monoisotopic (exact) mass is 652 g/mol. The predicted octanol–water partition coefficient (Wildman–Crippen LogP) is 9.78. The van der Waals surface area contributed by atoms with Gasteiger partial charge in [-0.25, -0.2) is 4.57 Å². The Balaban J connectivity index is 4.13. The molecule has 0 aliphatic heterocycles. The van der Waals surface area contributed by atoms with Gasteiger partial charge in [0.15, 0.2) is 6.10 Å². The first-order valence-corrected chi connectivity index (χ1v) is 18.6. The van der Waals surface area contributed by atoms with Gasteiger partial charge in [-0.2, -0.15) is 0 Å². The maximum absolute atomic E-state index is 12.3. The minimum absolute atomic E-state index is 0.155. The second-order valence-corrected chi connectivity index (χ2v) is 12.3. The van der Waals surface area contributed by atoms with E-state index in [2.05, 4.69) is 79.1 Å². The zero-order valence-electron chi connectivity index (χ0n) is 28.0. The number of rotatable bonds is 30. The molecule has 0 radical (unpaired) electrons. The van der Waals surface area contributed by atoms with Crippen LogP contribution in [-0.4, -0.2) is 41.0 Å². The molecule has 258 valence electrons. The molecule has 0 heterocycles. The molecule has 0 saturated carbocycles. The van der Waals surface area contributed by atoms with E-state index >= 15 is 0 Å². The molecule has 0 aromatic heterocycles. The van der Waals surface area contributed by atoms with Crippen LogP contribution in [0.25, 0.3) is 0 Å². The van der Waals surface area contributed by atoms with Gasteiger partial charge in [0, 0.05) is 12.8 Å². The van der Waals surface area contributed by atoms with Gasteiger partial charge in [0.2, 0.25) is 0 Å². The highest BCUT2D eigenvalue weighted by Gasteiger charge is 2.22. The SMILES string of the molecule is CC/C=C\C/C=C\C/C=C\C/C=C\CCCCC(=O)OC(COC(=O)CCCCCCC/C=C\CCCCC)COP(=O)(O)O. The fourth-order valence-electron chi connectivity index (χ4n) is 4.24. The van der Waals surface area contributed by atoms with Crippen molar-refractivity contribution in [3.05, 3.63) is 60.8 Å². The number of carbonyl (C=O) groups excluding carboxylic acids is 2. The number of carbonyl (C=O) groups is 2. The van der Waals surface area contributed by atoms with Crippen LogP contribution in [0.5, 0.6) is 0 Å². The van der Waals surface area contributed by atoms with Crippen LogP contribution >= 0.6 is 7.82 Å². The third-order valence-electron chi connectivity index (χ3n) is 6.77. The summed E-state index contributed by atoms with van der Waals surface area (Å²) in [6, 6.07) is 0. The summed E-state index contributed by atoms with van der Waals surface area (Å²) >= 11 is 0. The van der Waals surface area contributed by atoms with Gasteiger partial charge in [0.1, 0.15) is 6.61 Å². The molecule has 1 unspecified atom stereocenters. The lowest BCUT2D eigenvalue weighted by atomic mass is 10.1. The number of allylic oxidation sites excluding steroid dienone is 10. The van der Waals surface area contributed by atoms with Crippen LogP contribution in [0.15, 0.2) is 60.8 Å². The highest BCUT2D eigenvalue weighted by Crippen LogP contribution is 2.35. The number of phosphoric acid groups is 1. The molecule has 0 fully saturated rings. The summed E-state index contributed by atoms with van der Waals surface area (Å²) in [5, 5.41) is 0. The van der Waals surface area contributed by atoms with Crippen LogP contribution in [0.3, 0.4) is 0 Å². The predicted molar refractivity (Wildman–Crippen MR) is 184 cm³/mol. The molecule has 0 spiro atoms. The summed E-state index contributed by atoms with van der Waals surface area (Å²) in [5.41, 5.74) is 0. The van der Waals surface area contributed by atoms with E-state index in [0.29, 0.717) is 12.8 Å². The zero-order chi connectivity index (χ0) is 33.3. The zero-order valence-corrected chi connectivity index (χ0v) is 28.9. The molecule has 2 N–H and O–H groups in total. The lowest BCUT2D eigenvalue weighted by molar-refractivity contribution is -0.161. The van der Waals surface area contributed by atoms with Crippen LogP contribution in [0.4, 0.5) is 0 Å². The highest BCUT2D eigenvalue weighted by molar-refractivity contribution is 7.46. The Labute approximate surface area is 273 Å². The van der Waals surface area contributed by atoms with Crippen molar-refractivity contribution >= 4 is 19.8 Å². The van der Waals surface area contributed by atoms with E-state index < -0.39 is 32.5 Å². The van der Waals surface area contributed by atoms with Crippen molar-refractivity contribution in [2.75, 3.05) is 13.2 Å². The molecule has 9 heteroatoms. The van der Waals surface area contributed by atoms with Crippen LogP contribution in [-0.2, 0) is 28.2 Å². The van der Waals surface area contributed by atoms with Gasteiger partial charge in [-0.05, 0) is 77.0 Å². The fraction of sp³-hybridized carbons (Fsp3) is 0.667. The number of esters is 2. The second kappa shape index (κ2) is 31.7. The Morgan fingerprint density at radius 3 is 1.67 bits per heavy atom. The van der Waals surface area contributed by atoms with Crippen molar-refractivity contribution in [2.24, 2.45) is 0 Å². The number of ether oxygens (including phenoxy) is 2. The Morgan fingerprint density at radius 2 is 1.07 bits per heavy atom. The lowest BCUT2D eigenvalue weighted by Gasteiger charge is -2.18. The molecular weight excluding hydrogens is 591 g/mol. The smallest absolute Gasteiger partial charge is 0.462 e. The standard InChI is InChI=1S/C36H61O8P/c1-3-5-7-9-11-13-15-17-18-19-21-23-25-27-29-31-36(38)44-34(33-43-45(39,40)41)32-42-35(37)30-28-26-24-22-20-16-14-12-10-8-6-4-2/h5,7,11-14,17-18,21,23,34H,3-4,6,8-10,15-16,19-20,22,24-33H2,1-2H3,(H2,39,40,41)/b7-5-,13-11-,14-12-,18-17-,23-21-. The number of unbranched alkanes of at least 4 members (excludes halogenated alkanes) is 10. The molecule has 0 saturated heterocycles. The van der Waals surface area contributed by atoms with Crippen LogP contribution < -0.4 is 0 Å². The normalized spacial score (nSPS) is 13.2. The van der Waals surface area contributed by atoms with E-state index in [1.54, 1.807) is 0 Å². The molecular formula is C36H61O8P. The first kappa shape index (κ1) is 42.8. The molecule has 0 aliphatic carbocycles. The van der Waals surface area contributed by atoms with Gasteiger partial charge in [-0.15, -0.1) is 0 Å². The number of hydrogen-bond donors (Lipinski definition) is 2. The summed E-state index contributed by atoms with van der Waals surface area (Å²) in [6.45, 7) is 3.47. The molecule has 0 bridgehead atoms. The molecule has 1 atom stereocenters. The van der Waals surface area contributed by atoms with E-state index in [9.17, 15) is 14.2 Å². The number of hydrogen-bond acceptors (Lipinski definition) is 6. The minimum Gasteiger partial charge on any atom is -0.462 e. The Morgan fingerprint density at radius 1 is 0.600 bits per heavy atom. The summed E-state index contributed by atoms with van der Waals surface area (Å²) < 4.78 is 26.2. The first-order valence-electron chi connectivity index (χ1n) is 17.1. The lowest BCUT2D eigenvalue weighted by Crippen LogP contribution is -2.29. The van der Waals surface area contributed by atoms with Crippen LogP contribution in [0, 0.1) is 0 Å². The quantitative estimate of drug-likeness (QED) is 0.0341. The van der Waals surface area contributed by atoms with Crippen molar-refractivity contribution in [1.29, 1.82) is 0 Å². The van der Waals surface area contributed by atoms with Crippen LogP contribution in [0.2, 0.25) is 0 Å². The summed E-state index contributed by atoms with van der Waals surface area (Å²) in [4.78, 5) is 42.5. The third-order valence-corrected chi connectivity index (χ3v) is 7.26. The van der Waals surface area contributed by atoms with E-state index in [1.165, 1.54) is 19.3 Å². The summed E-state index contributed by atoms with van der Waals surface area (Å²) in [5.74, 6) is -0.952. The minimum atomic E-state index is -4.76. The molecule has 0 rings (SSSR count). The Bertz CT molecular complexity index is 916. The molecule has 8 nitrogen and oxygen atoms in total. The molecule has 0 aromatic carbocycles. The van der Waals surface area contributed by atoms with E-state index in [1.807, 2.05) is 0 Å². The number of phosphoric ester groups is 1. The van der Waals surface area contributed by atoms with Gasteiger partial charge in [-0.1, -0.05) is 107 Å². The molecule has 0 amide bonds. The fourth-order valence-corrected chi connectivity index (χ4v) is 4.60. The van der Waals surface area contributed by atoms with Crippen molar-refractivity contribution in [3.8, 4) is 0 Å². The van der Waals surface area contributed by atoms with Gasteiger partial charge in [-0.3, -0.25) is 14.1 Å². The third kappa shape index (κ3) is 34.5. The summed E-state index contributed by atoms with van der Waals surface area (Å²) in [6.07, 6.45) is 38.0. The van der Waals surface area contributed by atoms with Gasteiger partial charge >= 0.3 is 19.8 Å². The molecule has 0 aromatic rings. The molecule has 0 aliphatic rings. The van der Waals surface area contributed by atoms with Gasteiger partial charge in [0.05, 0.1) is 6.61 Å². The maximum Gasteiger partial charge on any atom is 0.469 e. The van der Waals surface area contributed by atoms with Crippen molar-refractivity contribution in [1.82, 2.24) is 0 Å². The average Bonchev–Trinajstić information content (AvgIpc) is 3.00. The highest BCUT2D eigenvalue weighted by atomic mass is 31.2. The largest absolute Gasteiger partial charge is 0.469 e. The Kier molecular flexibility index (Phi) is 30.1. The maximum atomic E-state index is 12.3. The second-order valence-electron chi connectivity index (χ2n) is 11.1. The van der Waals surface area contributed by atoms with Crippen LogP contribution in [0.1, 0.15) is 136 Å².